The first-order chi connectivity index (χ1) is 23.1. The van der Waals surface area contributed by atoms with Crippen LogP contribution in [0, 0.1) is 62.1 Å². The van der Waals surface area contributed by atoms with Crippen molar-refractivity contribution in [1.82, 2.24) is 0 Å². The van der Waals surface area contributed by atoms with Crippen molar-refractivity contribution in [2.24, 2.45) is 62.1 Å². The first-order valence-corrected chi connectivity index (χ1v) is 19.6. The monoisotopic (exact) mass is 702 g/mol. The fourth-order valence-electron chi connectivity index (χ4n) is 13.2. The topological polar surface area (TPSA) is 154 Å². The van der Waals surface area contributed by atoms with Gasteiger partial charge in [-0.15, -0.1) is 0 Å². The molecular weight excluding hydrogens is 636 g/mol. The number of aliphatic carboxylic acids is 1. The molecule has 9 nitrogen and oxygen atoms in total. The summed E-state index contributed by atoms with van der Waals surface area (Å²) in [6.07, 6.45) is 2.38. The highest BCUT2D eigenvalue weighted by atomic mass is 16.6. The standard InChI is InChI=1S/C41H66O9/c1-22(2)21-49-34(46)33-31(45)29(43)30(44)32(50-33)28(42)24-12-14-38(7)26(37(24,5)6)13-15-40(9)27(38)11-10-23-25-20-36(3,4)16-18-41(25,35(47)48)19-17-39(23,40)8/h10,22,24-33,42-45H,11-21H2,1-9H3,(H,47,48)/t24-,25?,26?,27?,28+,29-,30?,31+,32+,33?,38+,39-,40-,41+/m1/s1. The molecule has 0 aromatic heterocycles. The van der Waals surface area contributed by atoms with E-state index >= 15 is 0 Å². The lowest BCUT2D eigenvalue weighted by atomic mass is 9.33. The van der Waals surface area contributed by atoms with Crippen molar-refractivity contribution < 1.29 is 44.6 Å². The number of carbonyl (C=O) groups is 2. The molecule has 0 bridgehead atoms. The zero-order valence-corrected chi connectivity index (χ0v) is 32.1. The zero-order valence-electron chi connectivity index (χ0n) is 32.1. The number of allylic oxidation sites excluding steroid dienone is 2. The first kappa shape index (κ1) is 38.2. The fraction of sp³-hybridized carbons (Fsp3) is 0.902. The van der Waals surface area contributed by atoms with Gasteiger partial charge in [-0.2, -0.15) is 0 Å². The van der Waals surface area contributed by atoms with Gasteiger partial charge in [0.15, 0.2) is 6.10 Å². The summed E-state index contributed by atoms with van der Waals surface area (Å²) in [5, 5.41) is 55.3. The predicted octanol–water partition coefficient (Wildman–Crippen LogP) is 5.90. The number of carbonyl (C=O) groups excluding carboxylic acids is 1. The van der Waals surface area contributed by atoms with Gasteiger partial charge in [0.2, 0.25) is 0 Å². The number of esters is 1. The molecule has 5 N–H and O–H groups in total. The van der Waals surface area contributed by atoms with Gasteiger partial charge in [-0.25, -0.2) is 4.79 Å². The Morgan fingerprint density at radius 3 is 2.18 bits per heavy atom. The Kier molecular flexibility index (Phi) is 9.58. The van der Waals surface area contributed by atoms with E-state index in [1.807, 2.05) is 13.8 Å². The number of ether oxygens (including phenoxy) is 2. The highest BCUT2D eigenvalue weighted by molar-refractivity contribution is 5.77. The van der Waals surface area contributed by atoms with E-state index in [2.05, 4.69) is 54.5 Å². The van der Waals surface area contributed by atoms with Crippen LogP contribution >= 0.6 is 0 Å². The molecule has 1 aliphatic heterocycles. The van der Waals surface area contributed by atoms with Crippen molar-refractivity contribution in [3.8, 4) is 0 Å². The van der Waals surface area contributed by atoms with E-state index in [4.69, 9.17) is 9.47 Å². The Balaban J connectivity index is 1.27. The van der Waals surface area contributed by atoms with E-state index in [1.165, 1.54) is 5.57 Å². The summed E-state index contributed by atoms with van der Waals surface area (Å²) in [7, 11) is 0. The van der Waals surface area contributed by atoms with Crippen molar-refractivity contribution in [1.29, 1.82) is 0 Å². The predicted molar refractivity (Wildman–Crippen MR) is 189 cm³/mol. The SMILES string of the molecule is CC(C)COC(=O)C1O[C@@H]([C@@H](O)[C@H]2CC[C@@]3(C)C(CC[C@]4(C)C3CC=C3C5CC(C)(C)CC[C@]5(C(=O)O)CC[C@]34C)C2(C)C)C(O)[C@@H](O)[C@@H]1O. The summed E-state index contributed by atoms with van der Waals surface area (Å²) < 4.78 is 11.3. The maximum absolute atomic E-state index is 13.0. The molecule has 4 saturated carbocycles. The van der Waals surface area contributed by atoms with Crippen molar-refractivity contribution in [2.75, 3.05) is 6.61 Å². The Labute approximate surface area is 299 Å². The molecule has 284 valence electrons. The number of carboxylic acid groups (broad SMARTS) is 1. The van der Waals surface area contributed by atoms with Gasteiger partial charge in [-0.1, -0.05) is 74.0 Å². The molecule has 6 aliphatic rings. The van der Waals surface area contributed by atoms with E-state index in [9.17, 15) is 35.1 Å². The summed E-state index contributed by atoms with van der Waals surface area (Å²) in [6.45, 7) is 20.4. The maximum Gasteiger partial charge on any atom is 0.338 e. The van der Waals surface area contributed by atoms with Gasteiger partial charge < -0.3 is 35.0 Å². The second-order valence-corrected chi connectivity index (χ2v) is 20.2. The third-order valence-corrected chi connectivity index (χ3v) is 16.4. The average Bonchev–Trinajstić information content (AvgIpc) is 3.02. The molecule has 14 atom stereocenters. The van der Waals surface area contributed by atoms with Crippen LogP contribution in [0.5, 0.6) is 0 Å². The van der Waals surface area contributed by atoms with E-state index in [1.54, 1.807) is 0 Å². The molecular formula is C41H66O9. The lowest BCUT2D eigenvalue weighted by Gasteiger charge is -2.71. The van der Waals surface area contributed by atoms with Crippen molar-refractivity contribution in [3.63, 3.8) is 0 Å². The quantitative estimate of drug-likeness (QED) is 0.168. The molecule has 0 spiro atoms. The smallest absolute Gasteiger partial charge is 0.338 e. The van der Waals surface area contributed by atoms with E-state index < -0.39 is 54.0 Å². The molecule has 5 unspecified atom stereocenters. The molecule has 50 heavy (non-hydrogen) atoms. The van der Waals surface area contributed by atoms with Gasteiger partial charge in [0.05, 0.1) is 18.1 Å². The average molecular weight is 703 g/mol. The molecule has 6 rings (SSSR count). The second kappa shape index (κ2) is 12.5. The zero-order chi connectivity index (χ0) is 37.0. The minimum Gasteiger partial charge on any atom is -0.481 e. The minimum atomic E-state index is -1.67. The molecule has 0 radical (unpaired) electrons. The molecule has 1 heterocycles. The maximum atomic E-state index is 13.0. The van der Waals surface area contributed by atoms with Gasteiger partial charge >= 0.3 is 11.9 Å². The number of hydrogen-bond acceptors (Lipinski definition) is 8. The summed E-state index contributed by atoms with van der Waals surface area (Å²) in [5.41, 5.74) is 0.380. The van der Waals surface area contributed by atoms with Crippen LogP contribution in [0.15, 0.2) is 11.6 Å². The second-order valence-electron chi connectivity index (χ2n) is 20.2. The number of fused-ring (bicyclic) bond motifs is 7. The van der Waals surface area contributed by atoms with Gasteiger partial charge in [-0.3, -0.25) is 4.79 Å². The largest absolute Gasteiger partial charge is 0.481 e. The summed E-state index contributed by atoms with van der Waals surface area (Å²) in [6, 6.07) is 0. The molecule has 0 aromatic rings. The molecule has 9 heteroatoms. The van der Waals surface area contributed by atoms with Crippen LogP contribution in [0.3, 0.4) is 0 Å². The van der Waals surface area contributed by atoms with Gasteiger partial charge in [0.1, 0.15) is 24.4 Å². The molecule has 5 aliphatic carbocycles. The van der Waals surface area contributed by atoms with Gasteiger partial charge in [0, 0.05) is 0 Å². The van der Waals surface area contributed by atoms with Crippen LogP contribution in [0.25, 0.3) is 0 Å². The molecule has 0 amide bonds. The number of hydrogen-bond donors (Lipinski definition) is 5. The lowest BCUT2D eigenvalue weighted by molar-refractivity contribution is -0.264. The summed E-state index contributed by atoms with van der Waals surface area (Å²) in [5.74, 6) is -0.919. The van der Waals surface area contributed by atoms with Crippen molar-refractivity contribution in [2.45, 2.75) is 163 Å². The Bertz CT molecular complexity index is 1370. The van der Waals surface area contributed by atoms with E-state index in [0.29, 0.717) is 12.3 Å². The van der Waals surface area contributed by atoms with Crippen LogP contribution in [0.2, 0.25) is 0 Å². The number of carboxylic acids is 1. The minimum absolute atomic E-state index is 0.00259. The van der Waals surface area contributed by atoms with E-state index in [-0.39, 0.29) is 57.4 Å². The Morgan fingerprint density at radius 1 is 0.880 bits per heavy atom. The Hall–Kier alpha value is -1.52. The molecule has 5 fully saturated rings. The molecule has 0 aromatic carbocycles. The van der Waals surface area contributed by atoms with Crippen molar-refractivity contribution in [3.05, 3.63) is 11.6 Å². The number of rotatable bonds is 6. The number of aliphatic hydroxyl groups excluding tert-OH is 4. The third-order valence-electron chi connectivity index (χ3n) is 16.4. The first-order valence-electron chi connectivity index (χ1n) is 19.6. The van der Waals surface area contributed by atoms with Crippen molar-refractivity contribution >= 4 is 11.9 Å². The molecule has 1 saturated heterocycles. The third kappa shape index (κ3) is 5.48. The van der Waals surface area contributed by atoms with Gasteiger partial charge in [0.25, 0.3) is 0 Å². The fourth-order valence-corrected chi connectivity index (χ4v) is 13.2. The van der Waals surface area contributed by atoms with Crippen LogP contribution in [0.4, 0.5) is 0 Å². The van der Waals surface area contributed by atoms with Crippen LogP contribution < -0.4 is 0 Å². The highest BCUT2D eigenvalue weighted by Gasteiger charge is 2.70. The van der Waals surface area contributed by atoms with Crippen LogP contribution in [-0.2, 0) is 19.1 Å². The number of aliphatic hydroxyl groups is 4. The summed E-state index contributed by atoms with van der Waals surface area (Å²) in [4.78, 5) is 25.9. The van der Waals surface area contributed by atoms with Gasteiger partial charge in [-0.05, 0) is 121 Å². The van der Waals surface area contributed by atoms with Crippen LogP contribution in [0.1, 0.15) is 127 Å². The normalized spacial score (nSPS) is 48.6. The lowest BCUT2D eigenvalue weighted by Crippen LogP contribution is -2.67. The van der Waals surface area contributed by atoms with E-state index in [0.717, 1.165) is 57.8 Å². The summed E-state index contributed by atoms with van der Waals surface area (Å²) >= 11 is 0. The highest BCUT2D eigenvalue weighted by Crippen LogP contribution is 2.76. The van der Waals surface area contributed by atoms with Crippen LogP contribution in [-0.4, -0.2) is 80.7 Å². The Morgan fingerprint density at radius 2 is 1.54 bits per heavy atom.